The monoisotopic (exact) mass is 262 g/mol. The van der Waals surface area contributed by atoms with Crippen molar-refractivity contribution in [3.05, 3.63) is 0 Å². The Bertz CT molecular complexity index is 189. The molecule has 0 N–H and O–H groups in total. The molecule has 0 aliphatic carbocycles. The van der Waals surface area contributed by atoms with E-state index in [0.29, 0.717) is 10.2 Å². The van der Waals surface area contributed by atoms with Crippen LogP contribution < -0.4 is 0 Å². The molecule has 0 aliphatic rings. The van der Waals surface area contributed by atoms with Crippen LogP contribution in [0.25, 0.3) is 0 Å². The fourth-order valence-electron chi connectivity index (χ4n) is 2.22. The van der Waals surface area contributed by atoms with Crippen LogP contribution in [0.4, 0.5) is 0 Å². The van der Waals surface area contributed by atoms with Crippen LogP contribution in [0.5, 0.6) is 0 Å². The van der Waals surface area contributed by atoms with Crippen molar-refractivity contribution >= 4 is 21.6 Å². The second-order valence-corrected chi connectivity index (χ2v) is 10.5. The van der Waals surface area contributed by atoms with Gasteiger partial charge in [-0.25, -0.2) is 0 Å². The lowest BCUT2D eigenvalue weighted by molar-refractivity contribution is 0.340. The molecule has 0 radical (unpaired) electrons. The lowest BCUT2D eigenvalue weighted by Crippen LogP contribution is -2.23. The molecule has 0 saturated carbocycles. The van der Waals surface area contributed by atoms with Gasteiger partial charge in [-0.1, -0.05) is 63.1 Å². The van der Waals surface area contributed by atoms with Gasteiger partial charge >= 0.3 is 0 Å². The van der Waals surface area contributed by atoms with E-state index < -0.39 is 0 Å². The van der Waals surface area contributed by atoms with Crippen molar-refractivity contribution in [2.24, 2.45) is 11.3 Å². The summed E-state index contributed by atoms with van der Waals surface area (Å²) < 4.78 is 0.383. The Kier molecular flexibility index (Phi) is 6.87. The van der Waals surface area contributed by atoms with Gasteiger partial charge in [0, 0.05) is 10.00 Å². The molecule has 0 bridgehead atoms. The zero-order chi connectivity index (χ0) is 13.0. The molecule has 0 amide bonds. The first-order valence-electron chi connectivity index (χ1n) is 6.36. The molecule has 0 heterocycles. The average Bonchev–Trinajstić information content (AvgIpc) is 1.95. The third kappa shape index (κ3) is 9.89. The van der Waals surface area contributed by atoms with Crippen molar-refractivity contribution in [1.29, 1.82) is 0 Å². The Labute approximate surface area is 111 Å². The highest BCUT2D eigenvalue weighted by atomic mass is 33.1. The van der Waals surface area contributed by atoms with Gasteiger partial charge in [-0.15, -0.1) is 0 Å². The van der Waals surface area contributed by atoms with Crippen molar-refractivity contribution in [3.63, 3.8) is 0 Å². The first-order valence-corrected chi connectivity index (χ1v) is 8.58. The summed E-state index contributed by atoms with van der Waals surface area (Å²) in [4.78, 5) is 0. The van der Waals surface area contributed by atoms with Crippen molar-refractivity contribution in [1.82, 2.24) is 0 Å². The smallest absolute Gasteiger partial charge is 0.0212 e. The Morgan fingerprint density at radius 2 is 1.44 bits per heavy atom. The largest absolute Gasteiger partial charge is 0.0905 e. The fourth-order valence-corrected chi connectivity index (χ4v) is 5.29. The van der Waals surface area contributed by atoms with Crippen LogP contribution in [0.2, 0.25) is 0 Å². The maximum Gasteiger partial charge on any atom is 0.0212 e. The molecule has 1 atom stereocenters. The molecule has 0 spiro atoms. The molecule has 0 aromatic heterocycles. The SMILES string of the molecule is CC(C)CC(C)SSC(C)(C)CC(C)(C)C. The van der Waals surface area contributed by atoms with Gasteiger partial charge in [-0.3, -0.25) is 0 Å². The van der Waals surface area contributed by atoms with E-state index in [2.05, 4.69) is 77.0 Å². The third-order valence-electron chi connectivity index (χ3n) is 2.20. The second-order valence-electron chi connectivity index (χ2n) is 7.12. The van der Waals surface area contributed by atoms with Crippen LogP contribution in [0.1, 0.15) is 68.2 Å². The van der Waals surface area contributed by atoms with Gasteiger partial charge in [0.25, 0.3) is 0 Å². The highest BCUT2D eigenvalue weighted by Crippen LogP contribution is 2.45. The normalized spacial score (nSPS) is 15.6. The van der Waals surface area contributed by atoms with Gasteiger partial charge in [-0.05, 0) is 38.0 Å². The summed E-state index contributed by atoms with van der Waals surface area (Å²) in [6.45, 7) is 18.7. The van der Waals surface area contributed by atoms with E-state index in [1.807, 2.05) is 0 Å². The summed E-state index contributed by atoms with van der Waals surface area (Å²) in [7, 11) is 4.14. The molecule has 0 saturated heterocycles. The molecule has 1 unspecified atom stereocenters. The van der Waals surface area contributed by atoms with Gasteiger partial charge in [-0.2, -0.15) is 0 Å². The number of hydrogen-bond acceptors (Lipinski definition) is 2. The highest BCUT2D eigenvalue weighted by molar-refractivity contribution is 8.77. The van der Waals surface area contributed by atoms with E-state index in [9.17, 15) is 0 Å². The van der Waals surface area contributed by atoms with E-state index in [1.54, 1.807) is 0 Å². The topological polar surface area (TPSA) is 0 Å². The van der Waals surface area contributed by atoms with Crippen LogP contribution in [0, 0.1) is 11.3 Å². The minimum absolute atomic E-state index is 0.383. The second kappa shape index (κ2) is 6.58. The molecule has 0 aromatic carbocycles. The predicted molar refractivity (Wildman–Crippen MR) is 82.3 cm³/mol. The van der Waals surface area contributed by atoms with Crippen molar-refractivity contribution in [2.45, 2.75) is 78.2 Å². The van der Waals surface area contributed by atoms with E-state index in [0.717, 1.165) is 11.2 Å². The van der Waals surface area contributed by atoms with E-state index in [1.165, 1.54) is 12.8 Å². The van der Waals surface area contributed by atoms with Gasteiger partial charge < -0.3 is 0 Å². The summed E-state index contributed by atoms with van der Waals surface area (Å²) in [6.07, 6.45) is 2.59. The van der Waals surface area contributed by atoms with Crippen molar-refractivity contribution in [3.8, 4) is 0 Å². The van der Waals surface area contributed by atoms with Gasteiger partial charge in [0.05, 0.1) is 0 Å². The minimum Gasteiger partial charge on any atom is -0.0905 e. The summed E-state index contributed by atoms with van der Waals surface area (Å²) >= 11 is 0. The zero-order valence-electron chi connectivity index (χ0n) is 12.4. The lowest BCUT2D eigenvalue weighted by atomic mass is 9.86. The zero-order valence-corrected chi connectivity index (χ0v) is 14.0. The maximum atomic E-state index is 2.37. The Balaban J connectivity index is 3.99. The molecule has 16 heavy (non-hydrogen) atoms. The van der Waals surface area contributed by atoms with Crippen LogP contribution in [-0.4, -0.2) is 10.00 Å². The number of hydrogen-bond donors (Lipinski definition) is 0. The summed E-state index contributed by atoms with van der Waals surface area (Å²) in [6, 6.07) is 0. The highest BCUT2D eigenvalue weighted by Gasteiger charge is 2.27. The number of rotatable bonds is 6. The molecule has 0 rings (SSSR count). The van der Waals surface area contributed by atoms with Crippen molar-refractivity contribution in [2.75, 3.05) is 0 Å². The van der Waals surface area contributed by atoms with E-state index in [4.69, 9.17) is 0 Å². The molecular weight excluding hydrogens is 232 g/mol. The summed E-state index contributed by atoms with van der Waals surface area (Å²) in [5.74, 6) is 0.814. The molecule has 2 heteroatoms. The van der Waals surface area contributed by atoms with Crippen LogP contribution in [0.15, 0.2) is 0 Å². The third-order valence-corrected chi connectivity index (χ3v) is 6.04. The van der Waals surface area contributed by atoms with Crippen LogP contribution >= 0.6 is 21.6 Å². The van der Waals surface area contributed by atoms with Gasteiger partial charge in [0.1, 0.15) is 0 Å². The molecule has 0 aliphatic heterocycles. The van der Waals surface area contributed by atoms with E-state index in [-0.39, 0.29) is 0 Å². The molecule has 0 fully saturated rings. The molecular formula is C14H30S2. The molecule has 98 valence electrons. The Morgan fingerprint density at radius 1 is 0.938 bits per heavy atom. The average molecular weight is 263 g/mol. The standard InChI is InChI=1S/C14H30S2/c1-11(2)9-12(3)15-16-14(7,8)10-13(4,5)6/h11-12H,9-10H2,1-8H3. The van der Waals surface area contributed by atoms with Crippen molar-refractivity contribution < 1.29 is 0 Å². The van der Waals surface area contributed by atoms with E-state index >= 15 is 0 Å². The van der Waals surface area contributed by atoms with Gasteiger partial charge in [0.2, 0.25) is 0 Å². The van der Waals surface area contributed by atoms with Crippen LogP contribution in [0.3, 0.4) is 0 Å². The molecule has 0 aromatic rings. The summed E-state index contributed by atoms with van der Waals surface area (Å²) in [5, 5.41) is 0.768. The predicted octanol–water partition coefficient (Wildman–Crippen LogP) is 6.02. The first-order chi connectivity index (χ1) is 7.02. The van der Waals surface area contributed by atoms with Gasteiger partial charge in [0.15, 0.2) is 0 Å². The quantitative estimate of drug-likeness (QED) is 0.537. The molecule has 0 nitrogen and oxygen atoms in total. The Morgan fingerprint density at radius 3 is 1.81 bits per heavy atom. The maximum absolute atomic E-state index is 2.37. The van der Waals surface area contributed by atoms with Crippen LogP contribution in [-0.2, 0) is 0 Å². The first kappa shape index (κ1) is 16.7. The fraction of sp³-hybridized carbons (Fsp3) is 1.00. The summed E-state index contributed by atoms with van der Waals surface area (Å²) in [5.41, 5.74) is 0.429. The minimum atomic E-state index is 0.383. The Hall–Kier alpha value is 0.700. The lowest BCUT2D eigenvalue weighted by Gasteiger charge is -2.32.